The number of hydrogen-bond donors (Lipinski definition) is 1. The highest BCUT2D eigenvalue weighted by Crippen LogP contribution is 2.21. The van der Waals surface area contributed by atoms with Gasteiger partial charge in [0.25, 0.3) is 0 Å². The highest BCUT2D eigenvalue weighted by Gasteiger charge is 2.07. The average Bonchev–Trinajstić information content (AvgIpc) is 2.92. The van der Waals surface area contributed by atoms with Gasteiger partial charge in [0.2, 0.25) is 5.91 Å². The molecule has 0 atom stereocenters. The number of aromatic nitrogens is 1. The topological polar surface area (TPSA) is 34.0 Å². The van der Waals surface area contributed by atoms with Gasteiger partial charge in [0.1, 0.15) is 5.88 Å². The average molecular weight is 299 g/mol. The van der Waals surface area contributed by atoms with Crippen molar-refractivity contribution in [1.29, 1.82) is 0 Å². The number of para-hydroxylation sites is 2. The van der Waals surface area contributed by atoms with Crippen molar-refractivity contribution in [2.24, 2.45) is 0 Å². The number of rotatable bonds is 4. The van der Waals surface area contributed by atoms with Crippen molar-refractivity contribution >= 4 is 34.1 Å². The highest BCUT2D eigenvalue weighted by atomic mass is 35.5. The first kappa shape index (κ1) is 13.7. The van der Waals surface area contributed by atoms with Crippen LogP contribution in [0.25, 0.3) is 10.9 Å². The molecule has 3 aromatic rings. The number of alkyl halides is 1. The Morgan fingerprint density at radius 2 is 1.81 bits per heavy atom. The lowest BCUT2D eigenvalue weighted by Gasteiger charge is -2.12. The normalized spacial score (nSPS) is 10.7. The first-order valence-electron chi connectivity index (χ1n) is 6.75. The fourth-order valence-electron chi connectivity index (χ4n) is 2.43. The van der Waals surface area contributed by atoms with Gasteiger partial charge in [-0.25, -0.2) is 0 Å². The van der Waals surface area contributed by atoms with Crippen LogP contribution in [-0.4, -0.2) is 16.4 Å². The molecule has 4 heteroatoms. The molecule has 2 aromatic carbocycles. The number of halogens is 1. The van der Waals surface area contributed by atoms with Crippen LogP contribution in [0.2, 0.25) is 0 Å². The molecular weight excluding hydrogens is 284 g/mol. The van der Waals surface area contributed by atoms with Gasteiger partial charge >= 0.3 is 0 Å². The van der Waals surface area contributed by atoms with Crippen molar-refractivity contribution in [3.05, 3.63) is 66.4 Å². The highest BCUT2D eigenvalue weighted by molar-refractivity contribution is 6.29. The minimum absolute atomic E-state index is 0.0409. The summed E-state index contributed by atoms with van der Waals surface area (Å²) in [5.74, 6) is -0.234. The number of nitrogens with one attached hydrogen (secondary N) is 1. The van der Waals surface area contributed by atoms with Crippen LogP contribution in [0, 0.1) is 0 Å². The van der Waals surface area contributed by atoms with Gasteiger partial charge in [-0.1, -0.05) is 36.4 Å². The number of benzene rings is 2. The van der Waals surface area contributed by atoms with Crippen molar-refractivity contribution in [2.45, 2.75) is 6.54 Å². The second-order valence-corrected chi connectivity index (χ2v) is 5.11. The Morgan fingerprint density at radius 3 is 2.67 bits per heavy atom. The third-order valence-corrected chi connectivity index (χ3v) is 3.68. The molecule has 0 radical (unpaired) electrons. The largest absolute Gasteiger partial charge is 0.343 e. The van der Waals surface area contributed by atoms with E-state index in [1.54, 1.807) is 0 Å². The van der Waals surface area contributed by atoms with E-state index >= 15 is 0 Å². The molecule has 1 aromatic heterocycles. The van der Waals surface area contributed by atoms with Gasteiger partial charge in [0.05, 0.1) is 0 Å². The van der Waals surface area contributed by atoms with Gasteiger partial charge in [-0.05, 0) is 29.1 Å². The van der Waals surface area contributed by atoms with Crippen LogP contribution < -0.4 is 5.32 Å². The van der Waals surface area contributed by atoms with E-state index in [-0.39, 0.29) is 11.8 Å². The summed E-state index contributed by atoms with van der Waals surface area (Å²) >= 11 is 5.56. The van der Waals surface area contributed by atoms with Crippen molar-refractivity contribution in [2.75, 3.05) is 11.2 Å². The molecule has 0 bridgehead atoms. The molecule has 0 saturated heterocycles. The maximum absolute atomic E-state index is 11.5. The molecule has 0 aliphatic carbocycles. The molecule has 1 N–H and O–H groups in total. The van der Waals surface area contributed by atoms with Crippen molar-refractivity contribution in [1.82, 2.24) is 4.57 Å². The van der Waals surface area contributed by atoms with Gasteiger partial charge in [-0.15, -0.1) is 11.6 Å². The summed E-state index contributed by atoms with van der Waals surface area (Å²) in [5, 5.41) is 4.04. The van der Waals surface area contributed by atoms with E-state index in [9.17, 15) is 4.79 Å². The molecule has 106 valence electrons. The van der Waals surface area contributed by atoms with E-state index in [1.807, 2.05) is 36.4 Å². The van der Waals surface area contributed by atoms with Crippen LogP contribution in [0.3, 0.4) is 0 Å². The second-order valence-electron chi connectivity index (χ2n) is 4.84. The fourth-order valence-corrected chi connectivity index (χ4v) is 2.49. The predicted octanol–water partition coefficient (Wildman–Crippen LogP) is 3.87. The van der Waals surface area contributed by atoms with E-state index in [1.165, 1.54) is 10.9 Å². The lowest BCUT2D eigenvalue weighted by Crippen LogP contribution is -2.14. The maximum Gasteiger partial charge on any atom is 0.239 e. The predicted molar refractivity (Wildman–Crippen MR) is 86.8 cm³/mol. The standard InChI is InChI=1S/C17H15ClN2O/c18-11-17(21)19-15-7-3-1-6-14(15)12-20-10-9-13-5-2-4-8-16(13)20/h1-10H,11-12H2,(H,19,21). The Kier molecular flexibility index (Phi) is 3.93. The van der Waals surface area contributed by atoms with E-state index in [0.717, 1.165) is 11.3 Å². The summed E-state index contributed by atoms with van der Waals surface area (Å²) in [5.41, 5.74) is 3.04. The summed E-state index contributed by atoms with van der Waals surface area (Å²) in [6.45, 7) is 0.701. The van der Waals surface area contributed by atoms with Gasteiger partial charge < -0.3 is 9.88 Å². The first-order valence-corrected chi connectivity index (χ1v) is 7.29. The third-order valence-electron chi connectivity index (χ3n) is 3.43. The zero-order valence-corrected chi connectivity index (χ0v) is 12.2. The van der Waals surface area contributed by atoms with Crippen molar-refractivity contribution < 1.29 is 4.79 Å². The molecule has 3 nitrogen and oxygen atoms in total. The molecule has 1 amide bonds. The molecule has 0 saturated carbocycles. The van der Waals surface area contributed by atoms with Crippen LogP contribution in [0.5, 0.6) is 0 Å². The van der Waals surface area contributed by atoms with Crippen molar-refractivity contribution in [3.63, 3.8) is 0 Å². The number of amides is 1. The molecule has 0 aliphatic rings. The summed E-state index contributed by atoms with van der Waals surface area (Å²) in [6, 6.07) is 18.1. The number of fused-ring (bicyclic) bond motifs is 1. The monoisotopic (exact) mass is 298 g/mol. The summed E-state index contributed by atoms with van der Waals surface area (Å²) in [4.78, 5) is 11.5. The molecule has 0 unspecified atom stereocenters. The molecule has 1 heterocycles. The van der Waals surface area contributed by atoms with Crippen LogP contribution in [-0.2, 0) is 11.3 Å². The number of nitrogens with zero attached hydrogens (tertiary/aromatic N) is 1. The van der Waals surface area contributed by atoms with Crippen LogP contribution in [0.4, 0.5) is 5.69 Å². The lowest BCUT2D eigenvalue weighted by atomic mass is 10.1. The van der Waals surface area contributed by atoms with Gasteiger partial charge in [0.15, 0.2) is 0 Å². The minimum atomic E-state index is -0.193. The van der Waals surface area contributed by atoms with Crippen LogP contribution >= 0.6 is 11.6 Å². The summed E-state index contributed by atoms with van der Waals surface area (Å²) in [7, 11) is 0. The molecular formula is C17H15ClN2O. The number of anilines is 1. The number of carbonyl (C=O) groups is 1. The Bertz CT molecular complexity index is 779. The third kappa shape index (κ3) is 2.93. The van der Waals surface area contributed by atoms with Crippen LogP contribution in [0.15, 0.2) is 60.8 Å². The number of carbonyl (C=O) groups excluding carboxylic acids is 1. The molecule has 21 heavy (non-hydrogen) atoms. The van der Waals surface area contributed by atoms with E-state index in [2.05, 4.69) is 34.3 Å². The quantitative estimate of drug-likeness (QED) is 0.729. The summed E-state index contributed by atoms with van der Waals surface area (Å²) in [6.07, 6.45) is 2.06. The molecule has 0 aliphatic heterocycles. The maximum atomic E-state index is 11.5. The van der Waals surface area contributed by atoms with Gasteiger partial charge in [-0.3, -0.25) is 4.79 Å². The summed E-state index contributed by atoms with van der Waals surface area (Å²) < 4.78 is 2.17. The lowest BCUT2D eigenvalue weighted by molar-refractivity contribution is -0.113. The fraction of sp³-hybridized carbons (Fsp3) is 0.118. The molecule has 3 rings (SSSR count). The Hall–Kier alpha value is -2.26. The van der Waals surface area contributed by atoms with Gasteiger partial charge in [0, 0.05) is 23.9 Å². The smallest absolute Gasteiger partial charge is 0.239 e. The Balaban J connectivity index is 1.93. The minimum Gasteiger partial charge on any atom is -0.343 e. The van der Waals surface area contributed by atoms with Crippen LogP contribution in [0.1, 0.15) is 5.56 Å². The van der Waals surface area contributed by atoms with E-state index in [4.69, 9.17) is 11.6 Å². The van der Waals surface area contributed by atoms with Crippen molar-refractivity contribution in [3.8, 4) is 0 Å². The molecule has 0 spiro atoms. The second kappa shape index (κ2) is 6.02. The van der Waals surface area contributed by atoms with Gasteiger partial charge in [-0.2, -0.15) is 0 Å². The first-order chi connectivity index (χ1) is 10.3. The van der Waals surface area contributed by atoms with E-state index < -0.39 is 0 Å². The SMILES string of the molecule is O=C(CCl)Nc1ccccc1Cn1ccc2ccccc21. The zero-order chi connectivity index (χ0) is 14.7. The molecule has 0 fully saturated rings. The Morgan fingerprint density at radius 1 is 1.05 bits per heavy atom. The Labute approximate surface area is 128 Å². The number of hydrogen-bond acceptors (Lipinski definition) is 1. The zero-order valence-electron chi connectivity index (χ0n) is 11.4. The van der Waals surface area contributed by atoms with E-state index in [0.29, 0.717) is 6.54 Å².